The lowest BCUT2D eigenvalue weighted by atomic mass is 10.5. The van der Waals surface area contributed by atoms with E-state index in [4.69, 9.17) is 11.6 Å². The molecule has 1 N–H and O–H groups in total. The van der Waals surface area contributed by atoms with Crippen LogP contribution >= 0.6 is 50.2 Å². The van der Waals surface area contributed by atoms with Crippen LogP contribution in [0.1, 0.15) is 4.88 Å². The zero-order valence-electron chi connectivity index (χ0n) is 6.83. The zero-order valence-corrected chi connectivity index (χ0v) is 10.8. The van der Waals surface area contributed by atoms with E-state index >= 15 is 0 Å². The molecule has 0 saturated heterocycles. The number of hydrogen-bond donors (Lipinski definition) is 1. The van der Waals surface area contributed by atoms with Gasteiger partial charge in [-0.05, 0) is 39.7 Å². The normalized spacial score (nSPS) is 10.4. The molecule has 7 heteroatoms. The summed E-state index contributed by atoms with van der Waals surface area (Å²) in [4.78, 5) is 1.24. The van der Waals surface area contributed by atoms with Crippen molar-refractivity contribution in [1.82, 2.24) is 10.2 Å². The monoisotopic (exact) mass is 309 g/mol. The molecule has 0 saturated carbocycles. The first-order chi connectivity index (χ1) is 6.74. The van der Waals surface area contributed by atoms with Gasteiger partial charge in [0, 0.05) is 4.88 Å². The molecule has 74 valence electrons. The third-order valence-electron chi connectivity index (χ3n) is 1.44. The fourth-order valence-electron chi connectivity index (χ4n) is 0.886. The second-order valence-electron chi connectivity index (χ2n) is 2.42. The summed E-state index contributed by atoms with van der Waals surface area (Å²) in [6.45, 7) is 0.752. The average molecular weight is 311 g/mol. The molecule has 0 aliphatic rings. The first kappa shape index (κ1) is 10.4. The molecule has 0 fully saturated rings. The number of thiophene rings is 1. The number of hydrogen-bond acceptors (Lipinski definition) is 5. The summed E-state index contributed by atoms with van der Waals surface area (Å²) >= 11 is 12.1. The Morgan fingerprint density at radius 3 is 2.79 bits per heavy atom. The number of nitrogens with one attached hydrogen (secondary N) is 1. The lowest BCUT2D eigenvalue weighted by Gasteiger charge is -1.96. The van der Waals surface area contributed by atoms with Crippen molar-refractivity contribution in [1.29, 1.82) is 0 Å². The second kappa shape index (κ2) is 4.57. The highest BCUT2D eigenvalue weighted by Gasteiger charge is 2.02. The molecule has 0 aliphatic carbocycles. The molecule has 2 aromatic rings. The minimum absolute atomic E-state index is 0.458. The predicted molar refractivity (Wildman–Crippen MR) is 64.3 cm³/mol. The van der Waals surface area contributed by atoms with E-state index in [1.165, 1.54) is 16.2 Å². The first-order valence-corrected chi connectivity index (χ1v) is 6.51. The highest BCUT2D eigenvalue weighted by atomic mass is 79.9. The van der Waals surface area contributed by atoms with Crippen molar-refractivity contribution in [2.75, 3.05) is 5.32 Å². The Bertz CT molecular complexity index is 388. The molecular formula is C7H5BrClN3S2. The van der Waals surface area contributed by atoms with Crippen LogP contribution in [0, 0.1) is 0 Å². The van der Waals surface area contributed by atoms with Gasteiger partial charge in [-0.3, -0.25) is 0 Å². The maximum Gasteiger partial charge on any atom is 0.208 e. The predicted octanol–water partition coefficient (Wildman–Crippen LogP) is 3.63. The van der Waals surface area contributed by atoms with Crippen molar-refractivity contribution in [3.63, 3.8) is 0 Å². The highest BCUT2D eigenvalue weighted by molar-refractivity contribution is 9.11. The van der Waals surface area contributed by atoms with E-state index in [-0.39, 0.29) is 0 Å². The number of nitrogens with zero attached hydrogens (tertiary/aromatic N) is 2. The third kappa shape index (κ3) is 2.66. The molecule has 0 amide bonds. The maximum atomic E-state index is 5.65. The first-order valence-electron chi connectivity index (χ1n) is 3.71. The van der Waals surface area contributed by atoms with Crippen LogP contribution < -0.4 is 5.32 Å². The fraction of sp³-hybridized carbons (Fsp3) is 0.143. The van der Waals surface area contributed by atoms with Gasteiger partial charge in [0.2, 0.25) is 9.60 Å². The van der Waals surface area contributed by atoms with Crippen LogP contribution in [0.5, 0.6) is 0 Å². The smallest absolute Gasteiger partial charge is 0.208 e. The summed E-state index contributed by atoms with van der Waals surface area (Å²) in [5, 5.41) is 11.5. The highest BCUT2D eigenvalue weighted by Crippen LogP contribution is 2.24. The Morgan fingerprint density at radius 2 is 2.21 bits per heavy atom. The van der Waals surface area contributed by atoms with E-state index in [1.807, 2.05) is 6.07 Å². The van der Waals surface area contributed by atoms with Crippen LogP contribution in [0.4, 0.5) is 5.13 Å². The molecule has 0 unspecified atom stereocenters. The van der Waals surface area contributed by atoms with Gasteiger partial charge >= 0.3 is 0 Å². The van der Waals surface area contributed by atoms with Gasteiger partial charge in [0.15, 0.2) is 0 Å². The number of halogens is 2. The molecule has 3 nitrogen and oxygen atoms in total. The molecule has 0 spiro atoms. The zero-order chi connectivity index (χ0) is 9.97. The van der Waals surface area contributed by atoms with Crippen LogP contribution in [0.25, 0.3) is 0 Å². The van der Waals surface area contributed by atoms with E-state index in [2.05, 4.69) is 37.5 Å². The van der Waals surface area contributed by atoms with Gasteiger partial charge in [0.25, 0.3) is 0 Å². The van der Waals surface area contributed by atoms with Crippen LogP contribution in [0.15, 0.2) is 15.9 Å². The second-order valence-corrected chi connectivity index (χ2v) is 6.53. The lowest BCUT2D eigenvalue weighted by Crippen LogP contribution is -1.96. The molecule has 2 heterocycles. The van der Waals surface area contributed by atoms with Crippen LogP contribution in [0.3, 0.4) is 0 Å². The largest absolute Gasteiger partial charge is 0.355 e. The van der Waals surface area contributed by atoms with E-state index < -0.39 is 0 Å². The topological polar surface area (TPSA) is 37.8 Å². The summed E-state index contributed by atoms with van der Waals surface area (Å²) in [6.07, 6.45) is 0. The van der Waals surface area contributed by atoms with Gasteiger partial charge < -0.3 is 5.32 Å². The third-order valence-corrected chi connectivity index (χ3v) is 4.04. The van der Waals surface area contributed by atoms with Crippen molar-refractivity contribution in [2.24, 2.45) is 0 Å². The molecule has 0 bridgehead atoms. The van der Waals surface area contributed by atoms with E-state index in [0.29, 0.717) is 4.47 Å². The van der Waals surface area contributed by atoms with Crippen molar-refractivity contribution >= 4 is 55.3 Å². The summed E-state index contributed by atoms with van der Waals surface area (Å²) in [5.74, 6) is 0. The number of anilines is 1. The Balaban J connectivity index is 1.94. The number of aromatic nitrogens is 2. The minimum Gasteiger partial charge on any atom is -0.355 e. The van der Waals surface area contributed by atoms with Crippen molar-refractivity contribution in [3.8, 4) is 0 Å². The minimum atomic E-state index is 0.458. The van der Waals surface area contributed by atoms with Crippen LogP contribution in [0.2, 0.25) is 4.47 Å². The lowest BCUT2D eigenvalue weighted by molar-refractivity contribution is 1.06. The number of rotatable bonds is 3. The SMILES string of the molecule is Clc1nnc(NCc2ccc(Br)s2)s1. The molecule has 0 atom stereocenters. The summed E-state index contributed by atoms with van der Waals surface area (Å²) < 4.78 is 1.59. The molecule has 2 rings (SSSR count). The van der Waals surface area contributed by atoms with Crippen molar-refractivity contribution in [2.45, 2.75) is 6.54 Å². The molecule has 0 radical (unpaired) electrons. The van der Waals surface area contributed by atoms with Crippen LogP contribution in [-0.4, -0.2) is 10.2 Å². The summed E-state index contributed by atoms with van der Waals surface area (Å²) in [5.41, 5.74) is 0. The molecule has 14 heavy (non-hydrogen) atoms. The van der Waals surface area contributed by atoms with E-state index in [1.54, 1.807) is 11.3 Å². The van der Waals surface area contributed by atoms with Gasteiger partial charge in [0.1, 0.15) is 0 Å². The Morgan fingerprint density at radius 1 is 1.36 bits per heavy atom. The average Bonchev–Trinajstić information content (AvgIpc) is 2.72. The van der Waals surface area contributed by atoms with Gasteiger partial charge in [-0.25, -0.2) is 0 Å². The van der Waals surface area contributed by atoms with Crippen molar-refractivity contribution < 1.29 is 0 Å². The Hall–Kier alpha value is -0.170. The molecule has 2 aromatic heterocycles. The molecular weight excluding hydrogens is 306 g/mol. The van der Waals surface area contributed by atoms with E-state index in [0.717, 1.165) is 15.5 Å². The summed E-state index contributed by atoms with van der Waals surface area (Å²) in [6, 6.07) is 4.08. The van der Waals surface area contributed by atoms with Gasteiger partial charge in [-0.15, -0.1) is 21.5 Å². The van der Waals surface area contributed by atoms with E-state index in [9.17, 15) is 0 Å². The Labute approximate surface area is 102 Å². The summed E-state index contributed by atoms with van der Waals surface area (Å²) in [7, 11) is 0. The van der Waals surface area contributed by atoms with Gasteiger partial charge in [-0.2, -0.15) is 0 Å². The van der Waals surface area contributed by atoms with Crippen LogP contribution in [-0.2, 0) is 6.54 Å². The maximum absolute atomic E-state index is 5.65. The quantitative estimate of drug-likeness (QED) is 0.941. The van der Waals surface area contributed by atoms with Crippen molar-refractivity contribution in [3.05, 3.63) is 25.3 Å². The molecule has 0 aromatic carbocycles. The molecule has 0 aliphatic heterocycles. The Kier molecular flexibility index (Phi) is 3.38. The fourth-order valence-corrected chi connectivity index (χ4v) is 3.03. The van der Waals surface area contributed by atoms with Gasteiger partial charge in [-0.1, -0.05) is 11.3 Å². The standard InChI is InChI=1S/C7H5BrClN3S2/c8-5-2-1-4(13-5)3-10-7-12-11-6(9)14-7/h1-2H,3H2,(H,10,12). The van der Waals surface area contributed by atoms with Gasteiger partial charge in [0.05, 0.1) is 10.3 Å².